The zero-order chi connectivity index (χ0) is 16.0. The van der Waals surface area contributed by atoms with Crippen molar-refractivity contribution in [1.29, 1.82) is 0 Å². The van der Waals surface area contributed by atoms with Crippen molar-refractivity contribution >= 4 is 29.3 Å². The molecule has 1 aliphatic rings. The number of hydrogen-bond acceptors (Lipinski definition) is 7. The van der Waals surface area contributed by atoms with Crippen molar-refractivity contribution in [1.82, 2.24) is 19.5 Å². The van der Waals surface area contributed by atoms with Crippen LogP contribution in [0.5, 0.6) is 0 Å². The molecule has 0 aliphatic carbocycles. The Morgan fingerprint density at radius 1 is 1.45 bits per heavy atom. The van der Waals surface area contributed by atoms with E-state index in [2.05, 4.69) is 15.0 Å². The number of H-pyrrole nitrogens is 1. The Kier molecular flexibility index (Phi) is 3.89. The Hall–Kier alpha value is -1.55. The van der Waals surface area contributed by atoms with E-state index in [1.54, 1.807) is 4.57 Å². The zero-order valence-corrected chi connectivity index (χ0v) is 13.1. The van der Waals surface area contributed by atoms with Crippen molar-refractivity contribution < 1.29 is 14.9 Å². The van der Waals surface area contributed by atoms with Crippen LogP contribution in [0.1, 0.15) is 26.5 Å². The molecule has 2 unspecified atom stereocenters. The Labute approximate surface area is 132 Å². The van der Waals surface area contributed by atoms with Crippen LogP contribution in [0.4, 0.5) is 5.95 Å². The normalized spacial score (nSPS) is 28.8. The maximum absolute atomic E-state index is 10.3. The maximum Gasteiger partial charge on any atom is 0.200 e. The lowest BCUT2D eigenvalue weighted by atomic mass is 10.0. The molecule has 0 radical (unpaired) electrons. The smallest absolute Gasteiger partial charge is 0.200 e. The molecule has 8 nitrogen and oxygen atoms in total. The molecule has 22 heavy (non-hydrogen) atoms. The van der Waals surface area contributed by atoms with Crippen LogP contribution in [-0.2, 0) is 4.74 Å². The molecular weight excluding hydrogens is 306 g/mol. The van der Waals surface area contributed by atoms with Crippen molar-refractivity contribution in [3.8, 4) is 0 Å². The minimum absolute atomic E-state index is 0.158. The fourth-order valence-electron chi connectivity index (χ4n) is 2.75. The van der Waals surface area contributed by atoms with Crippen molar-refractivity contribution in [2.24, 2.45) is 5.92 Å². The van der Waals surface area contributed by atoms with Crippen LogP contribution in [0.3, 0.4) is 0 Å². The van der Waals surface area contributed by atoms with Gasteiger partial charge in [-0.15, -0.1) is 0 Å². The fraction of sp³-hybridized carbons (Fsp3) is 0.615. The number of anilines is 1. The van der Waals surface area contributed by atoms with Crippen molar-refractivity contribution in [3.05, 3.63) is 11.0 Å². The molecule has 120 valence electrons. The average molecular weight is 325 g/mol. The summed E-state index contributed by atoms with van der Waals surface area (Å²) in [4.78, 5) is 11.1. The first kappa shape index (κ1) is 15.3. The summed E-state index contributed by atoms with van der Waals surface area (Å²) >= 11 is 5.16. The minimum Gasteiger partial charge on any atom is -0.388 e. The summed E-state index contributed by atoms with van der Waals surface area (Å²) in [5.74, 6) is 0.499. The number of ether oxygens (including phenoxy) is 1. The van der Waals surface area contributed by atoms with E-state index in [1.165, 1.54) is 6.33 Å². The monoisotopic (exact) mass is 325 g/mol. The molecule has 0 saturated carbocycles. The number of nitrogens with two attached hydrogens (primary N) is 1. The standard InChI is InChI=1S/C13H19N5O3S/c1-5(2)3-6-8(19)9(20)12(21-6)18-4-15-7-10(18)16-13(14)17-11(7)22/h4-6,8-9,12,19-20H,3H2,1-2H3,(H3,14,16,17,22)/t6-,8?,9?,12-/m1/s1. The second-order valence-corrected chi connectivity index (χ2v) is 6.36. The van der Waals surface area contributed by atoms with Gasteiger partial charge in [-0.2, -0.15) is 4.98 Å². The number of nitrogen functional groups attached to an aromatic ring is 1. The van der Waals surface area contributed by atoms with Gasteiger partial charge in [0, 0.05) is 0 Å². The third-order valence-corrected chi connectivity index (χ3v) is 4.06. The fourth-order valence-corrected chi connectivity index (χ4v) is 3.00. The van der Waals surface area contributed by atoms with Gasteiger partial charge in [-0.1, -0.05) is 26.1 Å². The van der Waals surface area contributed by atoms with Gasteiger partial charge in [-0.05, 0) is 12.3 Å². The molecule has 0 bridgehead atoms. The van der Waals surface area contributed by atoms with Crippen LogP contribution >= 0.6 is 12.2 Å². The molecular formula is C13H19N5O3S. The van der Waals surface area contributed by atoms with Gasteiger partial charge in [-0.25, -0.2) is 4.98 Å². The van der Waals surface area contributed by atoms with E-state index in [9.17, 15) is 10.2 Å². The molecule has 1 aliphatic heterocycles. The molecule has 9 heteroatoms. The summed E-state index contributed by atoms with van der Waals surface area (Å²) in [5.41, 5.74) is 6.57. The first-order valence-corrected chi connectivity index (χ1v) is 7.53. The lowest BCUT2D eigenvalue weighted by Crippen LogP contribution is -2.32. The van der Waals surface area contributed by atoms with Gasteiger partial charge in [0.25, 0.3) is 0 Å². The lowest BCUT2D eigenvalue weighted by Gasteiger charge is -2.17. The molecule has 0 aromatic carbocycles. The number of hydrogen-bond donors (Lipinski definition) is 4. The number of aliphatic hydroxyl groups is 2. The number of fused-ring (bicyclic) bond motifs is 1. The van der Waals surface area contributed by atoms with Crippen LogP contribution in [0.25, 0.3) is 11.2 Å². The highest BCUT2D eigenvalue weighted by Gasteiger charge is 2.44. The Balaban J connectivity index is 1.99. The van der Waals surface area contributed by atoms with Crippen molar-refractivity contribution in [3.63, 3.8) is 0 Å². The number of aliphatic hydroxyl groups excluding tert-OH is 2. The van der Waals surface area contributed by atoms with E-state index >= 15 is 0 Å². The van der Waals surface area contributed by atoms with Gasteiger partial charge in [0.05, 0.1) is 12.4 Å². The Bertz CT molecular complexity index is 743. The number of rotatable bonds is 3. The maximum atomic E-state index is 10.3. The quantitative estimate of drug-likeness (QED) is 0.614. The highest BCUT2D eigenvalue weighted by atomic mass is 32.1. The van der Waals surface area contributed by atoms with Crippen LogP contribution < -0.4 is 5.73 Å². The summed E-state index contributed by atoms with van der Waals surface area (Å²) in [6, 6.07) is 0. The summed E-state index contributed by atoms with van der Waals surface area (Å²) in [7, 11) is 0. The average Bonchev–Trinajstić information content (AvgIpc) is 2.95. The SMILES string of the molecule is CC(C)C[C@H]1O[C@@H](n2cnc3c(=S)[nH]c(N)nc32)C(O)C1O. The summed E-state index contributed by atoms with van der Waals surface area (Å²) in [6.45, 7) is 4.06. The lowest BCUT2D eigenvalue weighted by molar-refractivity contribution is -0.0400. The predicted octanol–water partition coefficient (Wildman–Crippen LogP) is 0.736. The Morgan fingerprint density at radius 2 is 2.18 bits per heavy atom. The van der Waals surface area contributed by atoms with Gasteiger partial charge in [0.15, 0.2) is 11.9 Å². The number of aromatic nitrogens is 4. The molecule has 5 N–H and O–H groups in total. The van der Waals surface area contributed by atoms with Crippen LogP contribution in [0.15, 0.2) is 6.33 Å². The highest BCUT2D eigenvalue weighted by Crippen LogP contribution is 2.34. The van der Waals surface area contributed by atoms with E-state index in [0.29, 0.717) is 28.1 Å². The van der Waals surface area contributed by atoms with Gasteiger partial charge in [-0.3, -0.25) is 4.57 Å². The number of imidazole rings is 1. The minimum atomic E-state index is -1.07. The molecule has 3 heterocycles. The Morgan fingerprint density at radius 3 is 2.86 bits per heavy atom. The molecule has 4 atom stereocenters. The van der Waals surface area contributed by atoms with Crippen molar-refractivity contribution in [2.75, 3.05) is 5.73 Å². The van der Waals surface area contributed by atoms with E-state index in [0.717, 1.165) is 0 Å². The molecule has 0 spiro atoms. The third-order valence-electron chi connectivity index (χ3n) is 3.77. The summed E-state index contributed by atoms with van der Waals surface area (Å²) < 4.78 is 7.75. The molecule has 1 fully saturated rings. The van der Waals surface area contributed by atoms with Gasteiger partial charge in [0.1, 0.15) is 22.4 Å². The third kappa shape index (κ3) is 2.50. The van der Waals surface area contributed by atoms with E-state index in [-0.39, 0.29) is 5.95 Å². The van der Waals surface area contributed by atoms with Gasteiger partial charge < -0.3 is 25.7 Å². The van der Waals surface area contributed by atoms with E-state index in [1.807, 2.05) is 13.8 Å². The van der Waals surface area contributed by atoms with Gasteiger partial charge in [0.2, 0.25) is 5.95 Å². The van der Waals surface area contributed by atoms with Crippen molar-refractivity contribution in [2.45, 2.75) is 44.8 Å². The first-order valence-electron chi connectivity index (χ1n) is 7.12. The first-order chi connectivity index (χ1) is 10.4. The second kappa shape index (κ2) is 5.58. The molecule has 2 aromatic heterocycles. The van der Waals surface area contributed by atoms with E-state index in [4.69, 9.17) is 22.7 Å². The molecule has 3 rings (SSSR count). The number of nitrogens with one attached hydrogen (secondary N) is 1. The van der Waals surface area contributed by atoms with Gasteiger partial charge >= 0.3 is 0 Å². The highest BCUT2D eigenvalue weighted by molar-refractivity contribution is 7.71. The molecule has 2 aromatic rings. The molecule has 1 saturated heterocycles. The number of aromatic amines is 1. The largest absolute Gasteiger partial charge is 0.388 e. The van der Waals surface area contributed by atoms with Crippen LogP contribution in [0, 0.1) is 10.6 Å². The van der Waals surface area contributed by atoms with E-state index < -0.39 is 24.5 Å². The summed E-state index contributed by atoms with van der Waals surface area (Å²) in [5, 5.41) is 20.5. The zero-order valence-electron chi connectivity index (χ0n) is 12.3. The predicted molar refractivity (Wildman–Crippen MR) is 82.5 cm³/mol. The van der Waals surface area contributed by atoms with Crippen LogP contribution in [0.2, 0.25) is 0 Å². The van der Waals surface area contributed by atoms with Crippen LogP contribution in [-0.4, -0.2) is 48.0 Å². The second-order valence-electron chi connectivity index (χ2n) is 5.95. The number of nitrogens with zero attached hydrogens (tertiary/aromatic N) is 3. The topological polar surface area (TPSA) is 122 Å². The molecule has 0 amide bonds. The summed E-state index contributed by atoms with van der Waals surface area (Å²) in [6.07, 6.45) is -1.10.